The van der Waals surface area contributed by atoms with Crippen molar-refractivity contribution in [1.82, 2.24) is 0 Å². The summed E-state index contributed by atoms with van der Waals surface area (Å²) in [5.41, 5.74) is 0. The molecule has 1 atom stereocenters. The maximum absolute atomic E-state index is 5.63. The third kappa shape index (κ3) is 1.65. The molecule has 0 spiro atoms. The van der Waals surface area contributed by atoms with E-state index in [9.17, 15) is 0 Å². The molecule has 0 aromatic carbocycles. The molecule has 1 aromatic rings. The summed E-state index contributed by atoms with van der Waals surface area (Å²) in [5.74, 6) is 1.15. The van der Waals surface area contributed by atoms with Crippen molar-refractivity contribution in [2.45, 2.75) is 19.6 Å². The summed E-state index contributed by atoms with van der Waals surface area (Å²) >= 11 is 0. The molecular weight excluding hydrogens is 164 g/mol. The Morgan fingerprint density at radius 3 is 3.38 bits per heavy atom. The zero-order valence-corrected chi connectivity index (χ0v) is 7.86. The Morgan fingerprint density at radius 2 is 2.54 bits per heavy atom. The monoisotopic (exact) mass is 179 g/mol. The van der Waals surface area contributed by atoms with Crippen molar-refractivity contribution in [3.63, 3.8) is 0 Å². The summed E-state index contributed by atoms with van der Waals surface area (Å²) in [6.45, 7) is 3.80. The van der Waals surface area contributed by atoms with Crippen molar-refractivity contribution in [2.24, 2.45) is 0 Å². The van der Waals surface area contributed by atoms with Crippen LogP contribution in [-0.2, 0) is 4.74 Å². The van der Waals surface area contributed by atoms with Gasteiger partial charge in [0.25, 0.3) is 5.82 Å². The summed E-state index contributed by atoms with van der Waals surface area (Å²) in [6, 6.07) is 6.14. The van der Waals surface area contributed by atoms with Gasteiger partial charge in [0.1, 0.15) is 0 Å². The molecule has 1 aromatic heterocycles. The fourth-order valence-corrected chi connectivity index (χ4v) is 1.68. The van der Waals surface area contributed by atoms with Crippen LogP contribution in [0.5, 0.6) is 0 Å². The molecule has 13 heavy (non-hydrogen) atoms. The minimum Gasteiger partial charge on any atom is -0.339 e. The van der Waals surface area contributed by atoms with Gasteiger partial charge in [0.15, 0.2) is 0 Å². The summed E-state index contributed by atoms with van der Waals surface area (Å²) in [6.07, 6.45) is 3.31. The molecule has 0 amide bonds. The zero-order valence-electron chi connectivity index (χ0n) is 7.86. The van der Waals surface area contributed by atoms with E-state index in [2.05, 4.69) is 22.1 Å². The molecule has 0 aliphatic carbocycles. The van der Waals surface area contributed by atoms with Gasteiger partial charge in [-0.15, -0.1) is 0 Å². The molecule has 1 aliphatic heterocycles. The topological polar surface area (TPSA) is 25.1 Å². The normalized spacial score (nSPS) is 20.5. The largest absolute Gasteiger partial charge is 0.339 e. The van der Waals surface area contributed by atoms with E-state index in [0.717, 1.165) is 25.4 Å². The second-order valence-electron chi connectivity index (χ2n) is 3.12. The summed E-state index contributed by atoms with van der Waals surface area (Å²) < 4.78 is 7.78. The Balaban J connectivity index is 2.26. The van der Waals surface area contributed by atoms with Crippen molar-refractivity contribution >= 4 is 5.82 Å². The lowest BCUT2D eigenvalue weighted by Gasteiger charge is -2.21. The number of pyridine rings is 1. The lowest BCUT2D eigenvalue weighted by Crippen LogP contribution is -2.47. The fraction of sp³-hybridized carbons (Fsp3) is 0.500. The highest BCUT2D eigenvalue weighted by Crippen LogP contribution is 2.14. The molecule has 0 radical (unpaired) electrons. The number of hydrogen-bond acceptors (Lipinski definition) is 2. The first-order valence-electron chi connectivity index (χ1n) is 4.77. The predicted molar refractivity (Wildman–Crippen MR) is 50.4 cm³/mol. The number of nitrogens with one attached hydrogen (secondary N) is 1. The Labute approximate surface area is 78.3 Å². The van der Waals surface area contributed by atoms with Crippen LogP contribution in [0.2, 0.25) is 0 Å². The highest BCUT2D eigenvalue weighted by atomic mass is 16.5. The van der Waals surface area contributed by atoms with Crippen LogP contribution in [0.4, 0.5) is 5.82 Å². The minimum absolute atomic E-state index is 0.211. The molecule has 70 valence electrons. The highest BCUT2D eigenvalue weighted by molar-refractivity contribution is 5.28. The number of ether oxygens (including phenoxy) is 1. The average molecular weight is 179 g/mol. The minimum atomic E-state index is 0.211. The summed E-state index contributed by atoms with van der Waals surface area (Å²) in [4.78, 5) is 0. The van der Waals surface area contributed by atoms with E-state index >= 15 is 0 Å². The van der Waals surface area contributed by atoms with E-state index in [1.165, 1.54) is 0 Å². The summed E-state index contributed by atoms with van der Waals surface area (Å²) in [5, 5.41) is 3.33. The van der Waals surface area contributed by atoms with Crippen molar-refractivity contribution in [1.29, 1.82) is 0 Å². The zero-order chi connectivity index (χ0) is 9.10. The highest BCUT2D eigenvalue weighted by Gasteiger charge is 2.24. The molecular formula is C10H15N2O+. The van der Waals surface area contributed by atoms with Crippen LogP contribution in [0.25, 0.3) is 0 Å². The smallest absolute Gasteiger partial charge is 0.276 e. The molecule has 0 saturated heterocycles. The van der Waals surface area contributed by atoms with Gasteiger partial charge in [-0.3, -0.25) is 5.32 Å². The van der Waals surface area contributed by atoms with Crippen LogP contribution < -0.4 is 9.88 Å². The van der Waals surface area contributed by atoms with Gasteiger partial charge >= 0.3 is 0 Å². The number of anilines is 1. The molecule has 3 heteroatoms. The van der Waals surface area contributed by atoms with Crippen molar-refractivity contribution < 1.29 is 9.30 Å². The lowest BCUT2D eigenvalue weighted by molar-refractivity contribution is -0.753. The van der Waals surface area contributed by atoms with Gasteiger partial charge < -0.3 is 4.74 Å². The van der Waals surface area contributed by atoms with Crippen molar-refractivity contribution in [3.8, 4) is 0 Å². The first-order chi connectivity index (χ1) is 6.42. The van der Waals surface area contributed by atoms with Crippen LogP contribution in [0.3, 0.4) is 0 Å². The Kier molecular flexibility index (Phi) is 2.45. The van der Waals surface area contributed by atoms with Crippen LogP contribution in [-0.4, -0.2) is 13.2 Å². The van der Waals surface area contributed by atoms with Gasteiger partial charge in [-0.1, -0.05) is 6.07 Å². The van der Waals surface area contributed by atoms with Gasteiger partial charge in [0.05, 0.1) is 19.2 Å². The number of fused-ring (bicyclic) bond motifs is 1. The van der Waals surface area contributed by atoms with E-state index in [1.54, 1.807) is 0 Å². The first kappa shape index (κ1) is 8.51. The molecule has 0 fully saturated rings. The van der Waals surface area contributed by atoms with E-state index in [1.807, 2.05) is 19.1 Å². The first-order valence-corrected chi connectivity index (χ1v) is 4.77. The van der Waals surface area contributed by atoms with E-state index < -0.39 is 0 Å². The Morgan fingerprint density at radius 1 is 1.62 bits per heavy atom. The average Bonchev–Trinajstić information content (AvgIpc) is 2.19. The molecule has 1 N–H and O–H groups in total. The van der Waals surface area contributed by atoms with Gasteiger partial charge in [-0.2, -0.15) is 0 Å². The third-order valence-electron chi connectivity index (χ3n) is 2.26. The van der Waals surface area contributed by atoms with E-state index in [-0.39, 0.29) is 6.23 Å². The van der Waals surface area contributed by atoms with Crippen LogP contribution in [0.15, 0.2) is 24.4 Å². The molecule has 0 saturated carbocycles. The van der Waals surface area contributed by atoms with E-state index in [4.69, 9.17) is 4.74 Å². The Hall–Kier alpha value is -1.09. The molecule has 1 aliphatic rings. The molecule has 2 rings (SSSR count). The van der Waals surface area contributed by atoms with Crippen LogP contribution in [0, 0.1) is 0 Å². The predicted octanol–water partition coefficient (Wildman–Crippen LogP) is 1.32. The van der Waals surface area contributed by atoms with Crippen molar-refractivity contribution in [2.75, 3.05) is 18.5 Å². The second kappa shape index (κ2) is 3.75. The third-order valence-corrected chi connectivity index (χ3v) is 2.26. The number of hydrogen-bond donors (Lipinski definition) is 1. The van der Waals surface area contributed by atoms with Crippen LogP contribution in [0.1, 0.15) is 19.6 Å². The van der Waals surface area contributed by atoms with Gasteiger partial charge in [-0.05, 0) is 13.0 Å². The molecule has 3 nitrogen and oxygen atoms in total. The summed E-state index contributed by atoms with van der Waals surface area (Å²) in [7, 11) is 0. The lowest BCUT2D eigenvalue weighted by atomic mass is 10.3. The molecule has 2 heterocycles. The number of rotatable bonds is 2. The van der Waals surface area contributed by atoms with Crippen LogP contribution >= 0.6 is 0 Å². The number of aromatic nitrogens is 1. The van der Waals surface area contributed by atoms with Crippen molar-refractivity contribution in [3.05, 3.63) is 24.4 Å². The second-order valence-corrected chi connectivity index (χ2v) is 3.12. The number of nitrogens with zero attached hydrogens (tertiary/aromatic N) is 1. The fourth-order valence-electron chi connectivity index (χ4n) is 1.68. The maximum atomic E-state index is 5.63. The molecule has 0 bridgehead atoms. The maximum Gasteiger partial charge on any atom is 0.276 e. The molecule has 1 unspecified atom stereocenters. The quantitative estimate of drug-likeness (QED) is 0.693. The SMILES string of the molecule is CCOC1CCNc2cccc[n+]21. The van der Waals surface area contributed by atoms with Gasteiger partial charge in [0.2, 0.25) is 6.23 Å². The van der Waals surface area contributed by atoms with Gasteiger partial charge in [0, 0.05) is 12.7 Å². The standard InChI is InChI=1S/C10H14N2O/c1-2-13-10-6-7-11-9-5-3-4-8-12(9)10/h3-5,8,10H,2,6-7H2,1H3/p+1. The van der Waals surface area contributed by atoms with Gasteiger partial charge in [-0.25, -0.2) is 4.57 Å². The Bertz CT molecular complexity index is 288. The van der Waals surface area contributed by atoms with E-state index in [0.29, 0.717) is 0 Å².